The first-order valence-electron chi connectivity index (χ1n) is 8.88. The zero-order valence-electron chi connectivity index (χ0n) is 15.1. The van der Waals surface area contributed by atoms with Gasteiger partial charge in [-0.1, -0.05) is 93.9 Å². The zero-order valence-corrected chi connectivity index (χ0v) is 19.7. The number of hydrogen-bond acceptors (Lipinski definition) is 4. The maximum absolute atomic E-state index is 6.01. The Morgan fingerprint density at radius 1 is 1.04 bits per heavy atom. The van der Waals surface area contributed by atoms with Gasteiger partial charge >= 0.3 is 0 Å². The number of aliphatic imine (C=N–C) groups is 2. The zero-order chi connectivity index (χ0) is 20.5. The molecule has 3 rings (SSSR count). The molecule has 4 nitrogen and oxygen atoms in total. The van der Waals surface area contributed by atoms with Gasteiger partial charge in [-0.05, 0) is 38.4 Å². The van der Waals surface area contributed by atoms with E-state index in [1.165, 1.54) is 12.8 Å². The number of amidine groups is 1. The predicted molar refractivity (Wildman–Crippen MR) is 122 cm³/mol. The van der Waals surface area contributed by atoms with Crippen molar-refractivity contribution >= 4 is 81.8 Å². The van der Waals surface area contributed by atoms with E-state index in [2.05, 4.69) is 26.8 Å². The second kappa shape index (κ2) is 9.05. The van der Waals surface area contributed by atoms with Crippen molar-refractivity contribution in [2.75, 3.05) is 20.1 Å². The monoisotopic (exact) mass is 502 g/mol. The lowest BCUT2D eigenvalue weighted by atomic mass is 10.1. The molecule has 0 aliphatic carbocycles. The van der Waals surface area contributed by atoms with Crippen LogP contribution in [0.3, 0.4) is 0 Å². The molecule has 0 saturated carbocycles. The Morgan fingerprint density at radius 2 is 1.71 bits per heavy atom. The van der Waals surface area contributed by atoms with Gasteiger partial charge in [0.15, 0.2) is 5.84 Å². The summed E-state index contributed by atoms with van der Waals surface area (Å²) < 4.78 is -3.17. The lowest BCUT2D eigenvalue weighted by Crippen LogP contribution is -2.37. The van der Waals surface area contributed by atoms with E-state index in [0.29, 0.717) is 11.6 Å². The smallest absolute Gasteiger partial charge is 0.249 e. The van der Waals surface area contributed by atoms with Crippen molar-refractivity contribution in [3.8, 4) is 0 Å². The fourth-order valence-corrected chi connectivity index (χ4v) is 4.16. The summed E-state index contributed by atoms with van der Waals surface area (Å²) in [5.74, 6) is 0.155. The lowest BCUT2D eigenvalue weighted by molar-refractivity contribution is 0.250. The molecular weight excluding hydrogens is 485 g/mol. The Morgan fingerprint density at radius 3 is 2.25 bits per heavy atom. The number of halogens is 6. The molecule has 0 N–H and O–H groups in total. The van der Waals surface area contributed by atoms with Crippen LogP contribution in [0.4, 0.5) is 0 Å². The normalized spacial score (nSPS) is 24.0. The van der Waals surface area contributed by atoms with Crippen LogP contribution in [0.15, 0.2) is 34.3 Å². The summed E-state index contributed by atoms with van der Waals surface area (Å²) in [5, 5.41) is 0. The minimum Gasteiger partial charge on any atom is -0.337 e. The predicted octanol–water partition coefficient (Wildman–Crippen LogP) is 6.11. The maximum Gasteiger partial charge on any atom is 0.249 e. The largest absolute Gasteiger partial charge is 0.337 e. The van der Waals surface area contributed by atoms with Crippen LogP contribution in [0.5, 0.6) is 0 Å². The second-order valence-corrected chi connectivity index (χ2v) is 11.6. The summed E-state index contributed by atoms with van der Waals surface area (Å²) in [6.07, 6.45) is 4.77. The van der Waals surface area contributed by atoms with E-state index in [9.17, 15) is 0 Å². The van der Waals surface area contributed by atoms with E-state index >= 15 is 0 Å². The third kappa shape index (κ3) is 5.60. The first-order chi connectivity index (χ1) is 13.1. The van der Waals surface area contributed by atoms with Gasteiger partial charge in [0.25, 0.3) is 0 Å². The van der Waals surface area contributed by atoms with E-state index < -0.39 is 7.59 Å². The Labute approximate surface area is 195 Å². The summed E-state index contributed by atoms with van der Waals surface area (Å²) in [7, 11) is 2.16. The number of likely N-dealkylation sites (tertiary alicyclic amines) is 1. The molecule has 0 spiro atoms. The molecule has 2 aliphatic rings. The molecule has 2 aliphatic heterocycles. The van der Waals surface area contributed by atoms with Crippen molar-refractivity contribution in [3.63, 3.8) is 0 Å². The van der Waals surface area contributed by atoms with Gasteiger partial charge in [0.1, 0.15) is 6.17 Å². The summed E-state index contributed by atoms with van der Waals surface area (Å²) in [6.45, 7) is 1.92. The molecule has 0 bridgehead atoms. The first-order valence-corrected chi connectivity index (χ1v) is 11.1. The third-order valence-corrected chi connectivity index (χ3v) is 6.23. The van der Waals surface area contributed by atoms with Crippen LogP contribution in [-0.4, -0.2) is 51.9 Å². The molecular formula is C18H20Cl6N4. The SMILES string of the molecule is CN1CCCC1CCN1C=NC(C(Cl)(Cl)Cl)=NC1c1ccc(C(Cl)(Cl)Cl)cc1. The quantitative estimate of drug-likeness (QED) is 0.463. The highest BCUT2D eigenvalue weighted by Gasteiger charge is 2.33. The summed E-state index contributed by atoms with van der Waals surface area (Å²) >= 11 is 35.9. The molecule has 1 saturated heterocycles. The highest BCUT2D eigenvalue weighted by molar-refractivity contribution is 6.76. The van der Waals surface area contributed by atoms with Gasteiger partial charge in [0, 0.05) is 18.2 Å². The molecule has 1 aromatic rings. The van der Waals surface area contributed by atoms with Crippen molar-refractivity contribution in [1.82, 2.24) is 9.80 Å². The van der Waals surface area contributed by atoms with E-state index in [4.69, 9.17) is 69.6 Å². The van der Waals surface area contributed by atoms with Gasteiger partial charge in [-0.25, -0.2) is 9.98 Å². The van der Waals surface area contributed by atoms with Gasteiger partial charge < -0.3 is 9.80 Å². The molecule has 0 amide bonds. The van der Waals surface area contributed by atoms with Gasteiger partial charge in [0.2, 0.25) is 7.59 Å². The van der Waals surface area contributed by atoms with Crippen LogP contribution in [0.1, 0.15) is 36.6 Å². The fraction of sp³-hybridized carbons (Fsp3) is 0.556. The fourth-order valence-electron chi connectivity index (χ4n) is 3.49. The van der Waals surface area contributed by atoms with Gasteiger partial charge in [-0.15, -0.1) is 0 Å². The highest BCUT2D eigenvalue weighted by atomic mass is 35.6. The van der Waals surface area contributed by atoms with Crippen molar-refractivity contribution < 1.29 is 0 Å². The number of alkyl halides is 6. The van der Waals surface area contributed by atoms with E-state index in [1.54, 1.807) is 18.5 Å². The average Bonchev–Trinajstić information content (AvgIpc) is 3.03. The molecule has 2 heterocycles. The lowest BCUT2D eigenvalue weighted by Gasteiger charge is -2.33. The molecule has 28 heavy (non-hydrogen) atoms. The van der Waals surface area contributed by atoms with Gasteiger partial charge in [-0.2, -0.15) is 0 Å². The average molecular weight is 505 g/mol. The molecule has 0 radical (unpaired) electrons. The highest BCUT2D eigenvalue weighted by Crippen LogP contribution is 2.39. The molecule has 2 unspecified atom stereocenters. The Hall–Kier alpha value is 0.0600. The second-order valence-electron chi connectivity index (χ2n) is 6.99. The Balaban J connectivity index is 1.82. The first kappa shape index (κ1) is 22.7. The van der Waals surface area contributed by atoms with E-state index in [-0.39, 0.29) is 12.0 Å². The van der Waals surface area contributed by atoms with Crippen molar-refractivity contribution in [2.24, 2.45) is 9.98 Å². The van der Waals surface area contributed by atoms with Crippen LogP contribution in [-0.2, 0) is 3.79 Å². The van der Waals surface area contributed by atoms with Crippen LogP contribution in [0, 0.1) is 0 Å². The van der Waals surface area contributed by atoms with E-state index in [0.717, 1.165) is 25.1 Å². The Kier molecular flexibility index (Phi) is 7.35. The van der Waals surface area contributed by atoms with Crippen LogP contribution in [0.2, 0.25) is 0 Å². The molecule has 154 valence electrons. The Bertz CT molecular complexity index is 738. The summed E-state index contributed by atoms with van der Waals surface area (Å²) in [5.41, 5.74) is 1.48. The maximum atomic E-state index is 6.01. The molecule has 1 aromatic carbocycles. The molecule has 0 aromatic heterocycles. The standard InChI is InChI=1S/C18H20Cl6N4/c1-27-9-2-3-14(27)8-10-28-11-25-16(18(22,23)24)26-15(28)12-4-6-13(7-5-12)17(19,20)21/h4-7,11,14-15H,2-3,8-10H2,1H3. The number of rotatable bonds is 4. The minimum absolute atomic E-state index is 0.155. The summed E-state index contributed by atoms with van der Waals surface area (Å²) in [4.78, 5) is 13.3. The third-order valence-electron chi connectivity index (χ3n) is 5.07. The van der Waals surface area contributed by atoms with Crippen molar-refractivity contribution in [1.29, 1.82) is 0 Å². The number of hydrogen-bond donors (Lipinski definition) is 0. The van der Waals surface area contributed by atoms with E-state index in [1.807, 2.05) is 12.1 Å². The molecule has 1 fully saturated rings. The van der Waals surface area contributed by atoms with Crippen LogP contribution in [0.25, 0.3) is 0 Å². The number of benzene rings is 1. The van der Waals surface area contributed by atoms with Crippen LogP contribution < -0.4 is 0 Å². The number of nitrogens with zero attached hydrogens (tertiary/aromatic N) is 4. The van der Waals surface area contributed by atoms with Crippen LogP contribution >= 0.6 is 69.6 Å². The topological polar surface area (TPSA) is 31.2 Å². The molecule has 2 atom stereocenters. The van der Waals surface area contributed by atoms with Gasteiger partial charge in [0.05, 0.1) is 6.34 Å². The molecule has 10 heteroatoms. The van der Waals surface area contributed by atoms with Crippen molar-refractivity contribution in [3.05, 3.63) is 35.4 Å². The van der Waals surface area contributed by atoms with Crippen molar-refractivity contribution in [2.45, 2.75) is 39.1 Å². The summed E-state index contributed by atoms with van der Waals surface area (Å²) in [6, 6.07) is 7.83. The van der Waals surface area contributed by atoms with Gasteiger partial charge in [-0.3, -0.25) is 0 Å². The minimum atomic E-state index is -1.69.